The summed E-state index contributed by atoms with van der Waals surface area (Å²) in [6.45, 7) is 5.80. The van der Waals surface area contributed by atoms with E-state index in [1.165, 1.54) is 23.1 Å². The number of aryl methyl sites for hydroxylation is 1. The zero-order valence-corrected chi connectivity index (χ0v) is 16.4. The Bertz CT molecular complexity index is 1050. The number of non-ortho nitro benzene ring substituents is 1. The summed E-state index contributed by atoms with van der Waals surface area (Å²) in [6.07, 6.45) is 1.53. The number of hydrogen-bond acceptors (Lipinski definition) is 5. The van der Waals surface area contributed by atoms with Gasteiger partial charge in [-0.05, 0) is 56.8 Å². The lowest BCUT2D eigenvalue weighted by atomic mass is 10.1. The van der Waals surface area contributed by atoms with Gasteiger partial charge in [0.05, 0.1) is 10.6 Å². The van der Waals surface area contributed by atoms with Gasteiger partial charge in [0.2, 0.25) is 0 Å². The Morgan fingerprint density at radius 3 is 2.61 bits per heavy atom. The lowest BCUT2D eigenvalue weighted by Gasteiger charge is -2.27. The van der Waals surface area contributed by atoms with Crippen LogP contribution in [0.4, 0.5) is 5.69 Å². The van der Waals surface area contributed by atoms with Crippen molar-refractivity contribution in [3.8, 4) is 5.69 Å². The highest BCUT2D eigenvalue weighted by molar-refractivity contribution is 7.80. The van der Waals surface area contributed by atoms with Crippen molar-refractivity contribution < 1.29 is 14.5 Å². The molecule has 1 aliphatic heterocycles. The van der Waals surface area contributed by atoms with Crippen molar-refractivity contribution in [3.63, 3.8) is 0 Å². The number of nitro benzene ring substituents is 1. The number of likely N-dealkylation sites (N-methyl/N-ethyl adjacent to an activating group) is 1. The van der Waals surface area contributed by atoms with Gasteiger partial charge in [-0.3, -0.25) is 29.9 Å². The van der Waals surface area contributed by atoms with E-state index in [9.17, 15) is 19.7 Å². The Kier molecular flexibility index (Phi) is 5.10. The lowest BCUT2D eigenvalue weighted by molar-refractivity contribution is -0.384. The monoisotopic (exact) mass is 398 g/mol. The van der Waals surface area contributed by atoms with E-state index in [1.54, 1.807) is 19.1 Å². The maximum atomic E-state index is 12.6. The van der Waals surface area contributed by atoms with E-state index in [2.05, 4.69) is 5.32 Å². The summed E-state index contributed by atoms with van der Waals surface area (Å²) < 4.78 is 1.84. The maximum absolute atomic E-state index is 12.6. The zero-order chi connectivity index (χ0) is 20.6. The standard InChI is InChI=1S/C19H18N4O4S/c1-4-21-18(25)16(17(24)20-19(21)28)9-13-8-11(2)22(12(13)3)14-6-5-7-15(10-14)23(26)27/h5-10H,4H2,1-3H3,(H,20,24,28). The van der Waals surface area contributed by atoms with E-state index in [1.807, 2.05) is 24.5 Å². The predicted octanol–water partition coefficient (Wildman–Crippen LogP) is 2.65. The number of benzene rings is 1. The molecule has 1 aliphatic rings. The smallest absolute Gasteiger partial charge is 0.271 e. The van der Waals surface area contributed by atoms with Crippen molar-refractivity contribution in [1.29, 1.82) is 0 Å². The van der Waals surface area contributed by atoms with Crippen LogP contribution in [0.5, 0.6) is 0 Å². The van der Waals surface area contributed by atoms with Crippen LogP contribution in [0.3, 0.4) is 0 Å². The van der Waals surface area contributed by atoms with E-state index in [0.717, 1.165) is 11.4 Å². The SMILES string of the molecule is CCN1C(=O)C(=Cc2cc(C)n(-c3cccc([N+](=O)[O-])c3)c2C)C(=O)NC1=S. The molecule has 0 atom stereocenters. The third-order valence-electron chi connectivity index (χ3n) is 4.57. The largest absolute Gasteiger partial charge is 0.318 e. The fourth-order valence-corrected chi connectivity index (χ4v) is 3.52. The summed E-state index contributed by atoms with van der Waals surface area (Å²) in [4.78, 5) is 36.8. The van der Waals surface area contributed by atoms with Crippen molar-refractivity contribution in [1.82, 2.24) is 14.8 Å². The molecule has 2 heterocycles. The first-order chi connectivity index (χ1) is 13.2. The number of aromatic nitrogens is 1. The fraction of sp³-hybridized carbons (Fsp3) is 0.211. The van der Waals surface area contributed by atoms with Gasteiger partial charge in [0.1, 0.15) is 5.57 Å². The first-order valence-electron chi connectivity index (χ1n) is 8.57. The van der Waals surface area contributed by atoms with Gasteiger partial charge < -0.3 is 4.57 Å². The highest BCUT2D eigenvalue weighted by atomic mass is 32.1. The van der Waals surface area contributed by atoms with E-state index >= 15 is 0 Å². The highest BCUT2D eigenvalue weighted by Gasteiger charge is 2.32. The molecule has 0 aliphatic carbocycles. The second-order valence-electron chi connectivity index (χ2n) is 6.31. The van der Waals surface area contributed by atoms with Crippen LogP contribution in [0.25, 0.3) is 11.8 Å². The average molecular weight is 398 g/mol. The van der Waals surface area contributed by atoms with E-state index < -0.39 is 16.7 Å². The molecule has 0 spiro atoms. The molecule has 1 aromatic carbocycles. The third kappa shape index (κ3) is 3.31. The van der Waals surface area contributed by atoms with Gasteiger partial charge in [0, 0.05) is 30.1 Å². The zero-order valence-electron chi connectivity index (χ0n) is 15.6. The fourth-order valence-electron chi connectivity index (χ4n) is 3.21. The van der Waals surface area contributed by atoms with Crippen LogP contribution in [0.1, 0.15) is 23.9 Å². The van der Waals surface area contributed by atoms with Crippen molar-refractivity contribution in [3.05, 3.63) is 63.0 Å². The van der Waals surface area contributed by atoms with Gasteiger partial charge in [-0.1, -0.05) is 6.07 Å². The van der Waals surface area contributed by atoms with Crippen molar-refractivity contribution in [2.24, 2.45) is 0 Å². The summed E-state index contributed by atoms with van der Waals surface area (Å²) in [5.41, 5.74) is 2.85. The minimum absolute atomic E-state index is 0.00487. The molecule has 2 aromatic rings. The second kappa shape index (κ2) is 7.35. The number of nitrogens with one attached hydrogen (secondary N) is 1. The molecule has 8 nitrogen and oxygen atoms in total. The predicted molar refractivity (Wildman–Crippen MR) is 108 cm³/mol. The first-order valence-corrected chi connectivity index (χ1v) is 8.98. The van der Waals surface area contributed by atoms with E-state index in [4.69, 9.17) is 12.2 Å². The van der Waals surface area contributed by atoms with Gasteiger partial charge in [-0.25, -0.2) is 0 Å². The molecule has 1 fully saturated rings. The number of nitro groups is 1. The molecule has 1 saturated heterocycles. The van der Waals surface area contributed by atoms with Crippen LogP contribution in [-0.2, 0) is 9.59 Å². The number of thiocarbonyl (C=S) groups is 1. The molecule has 0 bridgehead atoms. The Hall–Kier alpha value is -3.33. The molecule has 0 radical (unpaired) electrons. The lowest BCUT2D eigenvalue weighted by Crippen LogP contribution is -2.53. The van der Waals surface area contributed by atoms with Gasteiger partial charge in [-0.15, -0.1) is 0 Å². The molecule has 1 N–H and O–H groups in total. The maximum Gasteiger partial charge on any atom is 0.271 e. The molecule has 144 valence electrons. The van der Waals surface area contributed by atoms with Gasteiger partial charge in [0.15, 0.2) is 5.11 Å². The molecule has 2 amide bonds. The highest BCUT2D eigenvalue weighted by Crippen LogP contribution is 2.26. The average Bonchev–Trinajstić information content (AvgIpc) is 2.92. The molecule has 28 heavy (non-hydrogen) atoms. The van der Waals surface area contributed by atoms with Crippen molar-refractivity contribution >= 4 is 40.9 Å². The van der Waals surface area contributed by atoms with Crippen LogP contribution in [-0.4, -0.2) is 37.9 Å². The van der Waals surface area contributed by atoms with Gasteiger partial charge in [0.25, 0.3) is 17.5 Å². The molecule has 9 heteroatoms. The number of nitrogens with zero attached hydrogens (tertiary/aromatic N) is 3. The normalized spacial score (nSPS) is 15.9. The van der Waals surface area contributed by atoms with Crippen LogP contribution in [0.2, 0.25) is 0 Å². The first kappa shape index (κ1) is 19.4. The molecule has 1 aromatic heterocycles. The molecule has 3 rings (SSSR count). The Morgan fingerprint density at radius 1 is 1.25 bits per heavy atom. The Labute approximate surface area is 166 Å². The summed E-state index contributed by atoms with van der Waals surface area (Å²) in [5.74, 6) is -0.990. The van der Waals surface area contributed by atoms with E-state index in [0.29, 0.717) is 17.8 Å². The molecular formula is C19H18N4O4S. The van der Waals surface area contributed by atoms with Gasteiger partial charge in [-0.2, -0.15) is 0 Å². The van der Waals surface area contributed by atoms with Crippen LogP contribution in [0.15, 0.2) is 35.9 Å². The summed E-state index contributed by atoms with van der Waals surface area (Å²) in [6, 6.07) is 8.10. The number of carbonyl (C=O) groups is 2. The van der Waals surface area contributed by atoms with Crippen molar-refractivity contribution in [2.75, 3.05) is 6.54 Å². The quantitative estimate of drug-likeness (QED) is 0.281. The number of rotatable bonds is 4. The number of carbonyl (C=O) groups excluding carboxylic acids is 2. The number of amides is 2. The summed E-state index contributed by atoms with van der Waals surface area (Å²) >= 11 is 5.03. The molecule has 0 unspecified atom stereocenters. The topological polar surface area (TPSA) is 97.5 Å². The second-order valence-corrected chi connectivity index (χ2v) is 6.69. The number of hydrogen-bond donors (Lipinski definition) is 1. The molecule has 0 saturated carbocycles. The minimum Gasteiger partial charge on any atom is -0.318 e. The van der Waals surface area contributed by atoms with Gasteiger partial charge >= 0.3 is 0 Å². The van der Waals surface area contributed by atoms with Crippen LogP contribution < -0.4 is 5.32 Å². The third-order valence-corrected chi connectivity index (χ3v) is 4.89. The van der Waals surface area contributed by atoms with Crippen molar-refractivity contribution in [2.45, 2.75) is 20.8 Å². The van der Waals surface area contributed by atoms with E-state index in [-0.39, 0.29) is 16.4 Å². The Balaban J connectivity index is 2.07. The Morgan fingerprint density at radius 2 is 1.96 bits per heavy atom. The van der Waals surface area contributed by atoms with Crippen LogP contribution in [0, 0.1) is 24.0 Å². The minimum atomic E-state index is -0.542. The summed E-state index contributed by atoms with van der Waals surface area (Å²) in [7, 11) is 0. The molecular weight excluding hydrogens is 380 g/mol. The summed E-state index contributed by atoms with van der Waals surface area (Å²) in [5, 5.41) is 13.7. The van der Waals surface area contributed by atoms with Crippen LogP contribution >= 0.6 is 12.2 Å².